The molecule has 0 radical (unpaired) electrons. The number of hydrogen-bond donors (Lipinski definition) is 1. The molecule has 0 amide bonds. The van der Waals surface area contributed by atoms with Gasteiger partial charge < -0.3 is 15.0 Å². The van der Waals surface area contributed by atoms with E-state index in [9.17, 15) is 0 Å². The summed E-state index contributed by atoms with van der Waals surface area (Å²) in [7, 11) is 0. The molecule has 3 nitrogen and oxygen atoms in total. The minimum Gasteiger partial charge on any atom is -0.377 e. The molecule has 0 aromatic rings. The molecule has 1 heterocycles. The van der Waals surface area contributed by atoms with Crippen LogP contribution in [0.1, 0.15) is 47.0 Å². The number of hydrogen-bond acceptors (Lipinski definition) is 3. The van der Waals surface area contributed by atoms with Gasteiger partial charge in [0.25, 0.3) is 0 Å². The molecule has 0 aromatic heterocycles. The Balaban J connectivity index is 2.42. The Morgan fingerprint density at radius 1 is 1.33 bits per heavy atom. The summed E-state index contributed by atoms with van der Waals surface area (Å²) in [5.74, 6) is 0. The molecule has 1 rings (SSSR count). The number of nitrogens with one attached hydrogen (secondary N) is 1. The van der Waals surface area contributed by atoms with Crippen molar-refractivity contribution in [2.24, 2.45) is 5.41 Å². The summed E-state index contributed by atoms with van der Waals surface area (Å²) in [6, 6.07) is 0. The molecule has 0 aromatic carbocycles. The van der Waals surface area contributed by atoms with Gasteiger partial charge in [-0.15, -0.1) is 0 Å². The zero-order chi connectivity index (χ0) is 13.4. The van der Waals surface area contributed by atoms with Gasteiger partial charge in [0.15, 0.2) is 0 Å². The smallest absolute Gasteiger partial charge is 0.0702 e. The normalized spacial score (nSPS) is 25.0. The van der Waals surface area contributed by atoms with E-state index >= 15 is 0 Å². The van der Waals surface area contributed by atoms with Crippen LogP contribution in [0.2, 0.25) is 0 Å². The third-order valence-electron chi connectivity index (χ3n) is 4.13. The minimum atomic E-state index is 0.393. The summed E-state index contributed by atoms with van der Waals surface area (Å²) in [5, 5.41) is 3.51. The van der Waals surface area contributed by atoms with Crippen molar-refractivity contribution in [1.82, 2.24) is 10.2 Å². The molecule has 0 bridgehead atoms. The van der Waals surface area contributed by atoms with Crippen LogP contribution < -0.4 is 5.32 Å². The quantitative estimate of drug-likeness (QED) is 0.722. The van der Waals surface area contributed by atoms with Crippen molar-refractivity contribution in [3.63, 3.8) is 0 Å². The molecule has 1 aliphatic heterocycles. The maximum absolute atomic E-state index is 5.79. The van der Waals surface area contributed by atoms with Crippen molar-refractivity contribution < 1.29 is 4.74 Å². The highest BCUT2D eigenvalue weighted by Gasteiger charge is 2.28. The highest BCUT2D eigenvalue weighted by Crippen LogP contribution is 2.24. The van der Waals surface area contributed by atoms with Crippen molar-refractivity contribution in [3.8, 4) is 0 Å². The largest absolute Gasteiger partial charge is 0.377 e. The molecule has 0 spiro atoms. The molecule has 1 N–H and O–H groups in total. The Kier molecular flexibility index (Phi) is 7.20. The van der Waals surface area contributed by atoms with Gasteiger partial charge >= 0.3 is 0 Å². The zero-order valence-electron chi connectivity index (χ0n) is 12.8. The Morgan fingerprint density at radius 2 is 2.11 bits per heavy atom. The van der Waals surface area contributed by atoms with Crippen LogP contribution in [0.25, 0.3) is 0 Å². The van der Waals surface area contributed by atoms with Crippen molar-refractivity contribution in [3.05, 3.63) is 0 Å². The third kappa shape index (κ3) is 5.25. The van der Waals surface area contributed by atoms with Crippen molar-refractivity contribution in [1.29, 1.82) is 0 Å². The van der Waals surface area contributed by atoms with Crippen LogP contribution in [-0.4, -0.2) is 50.3 Å². The Bertz CT molecular complexity index is 221. The molecule has 2 atom stereocenters. The lowest BCUT2D eigenvalue weighted by molar-refractivity contribution is -0.00554. The van der Waals surface area contributed by atoms with Crippen LogP contribution in [0.5, 0.6) is 0 Å². The SMILES string of the molecule is CCNCC(C)(CC)CN1CCCC(OCC)C1. The molecule has 0 saturated carbocycles. The van der Waals surface area contributed by atoms with Gasteiger partial charge in [0.2, 0.25) is 0 Å². The van der Waals surface area contributed by atoms with Crippen LogP contribution >= 0.6 is 0 Å². The van der Waals surface area contributed by atoms with Crippen molar-refractivity contribution in [2.75, 3.05) is 39.3 Å². The molecule has 108 valence electrons. The lowest BCUT2D eigenvalue weighted by atomic mass is 9.86. The molecular weight excluding hydrogens is 224 g/mol. The Hall–Kier alpha value is -0.120. The average molecular weight is 256 g/mol. The summed E-state index contributed by atoms with van der Waals surface area (Å²) in [6.45, 7) is 15.6. The lowest BCUT2D eigenvalue weighted by Crippen LogP contribution is -2.47. The van der Waals surface area contributed by atoms with Gasteiger partial charge in [-0.2, -0.15) is 0 Å². The van der Waals surface area contributed by atoms with Crippen molar-refractivity contribution in [2.45, 2.75) is 53.1 Å². The monoisotopic (exact) mass is 256 g/mol. The topological polar surface area (TPSA) is 24.5 Å². The second-order valence-corrected chi connectivity index (χ2v) is 5.90. The van der Waals surface area contributed by atoms with E-state index in [0.717, 1.165) is 26.2 Å². The fourth-order valence-corrected chi connectivity index (χ4v) is 2.79. The van der Waals surface area contributed by atoms with E-state index in [1.807, 2.05) is 0 Å². The predicted octanol–water partition coefficient (Wildman–Crippen LogP) is 2.51. The number of nitrogens with zero attached hydrogens (tertiary/aromatic N) is 1. The highest BCUT2D eigenvalue weighted by molar-refractivity contribution is 4.83. The Labute approximate surface area is 113 Å². The van der Waals surface area contributed by atoms with E-state index in [2.05, 4.69) is 37.9 Å². The average Bonchev–Trinajstić information content (AvgIpc) is 2.37. The van der Waals surface area contributed by atoms with E-state index in [1.54, 1.807) is 0 Å². The zero-order valence-corrected chi connectivity index (χ0v) is 12.8. The molecule has 1 fully saturated rings. The maximum Gasteiger partial charge on any atom is 0.0702 e. The van der Waals surface area contributed by atoms with Gasteiger partial charge in [-0.05, 0) is 44.7 Å². The molecular formula is C15H32N2O. The van der Waals surface area contributed by atoms with E-state index in [0.29, 0.717) is 11.5 Å². The lowest BCUT2D eigenvalue weighted by Gasteiger charge is -2.39. The second-order valence-electron chi connectivity index (χ2n) is 5.90. The number of likely N-dealkylation sites (tertiary alicyclic amines) is 1. The van der Waals surface area contributed by atoms with Gasteiger partial charge in [-0.3, -0.25) is 0 Å². The standard InChI is InChI=1S/C15H32N2O/c1-5-15(4,12-16-6-2)13-17-10-8-9-14(11-17)18-7-3/h14,16H,5-13H2,1-4H3. The maximum atomic E-state index is 5.79. The summed E-state index contributed by atoms with van der Waals surface area (Å²) >= 11 is 0. The summed E-state index contributed by atoms with van der Waals surface area (Å²) in [5.41, 5.74) is 0.393. The first-order chi connectivity index (χ1) is 8.63. The molecule has 18 heavy (non-hydrogen) atoms. The van der Waals surface area contributed by atoms with Crippen LogP contribution in [0.15, 0.2) is 0 Å². The third-order valence-corrected chi connectivity index (χ3v) is 4.13. The first kappa shape index (κ1) is 15.9. The fraction of sp³-hybridized carbons (Fsp3) is 1.00. The van der Waals surface area contributed by atoms with Gasteiger partial charge in [0.05, 0.1) is 6.10 Å². The first-order valence-electron chi connectivity index (χ1n) is 7.68. The predicted molar refractivity (Wildman–Crippen MR) is 78.0 cm³/mol. The second kappa shape index (κ2) is 8.13. The van der Waals surface area contributed by atoms with Crippen LogP contribution in [-0.2, 0) is 4.74 Å². The summed E-state index contributed by atoms with van der Waals surface area (Å²) in [6.07, 6.45) is 4.21. The molecule has 1 saturated heterocycles. The summed E-state index contributed by atoms with van der Waals surface area (Å²) < 4.78 is 5.79. The van der Waals surface area contributed by atoms with Crippen molar-refractivity contribution >= 4 is 0 Å². The molecule has 3 heteroatoms. The minimum absolute atomic E-state index is 0.393. The van der Waals surface area contributed by atoms with E-state index in [1.165, 1.54) is 32.4 Å². The number of piperidine rings is 1. The van der Waals surface area contributed by atoms with Gasteiger partial charge in [0.1, 0.15) is 0 Å². The fourth-order valence-electron chi connectivity index (χ4n) is 2.79. The highest BCUT2D eigenvalue weighted by atomic mass is 16.5. The van der Waals surface area contributed by atoms with Crippen LogP contribution in [0.4, 0.5) is 0 Å². The van der Waals surface area contributed by atoms with Gasteiger partial charge in [0, 0.05) is 26.2 Å². The number of ether oxygens (including phenoxy) is 1. The summed E-state index contributed by atoms with van der Waals surface area (Å²) in [4.78, 5) is 2.60. The number of rotatable bonds is 8. The molecule has 0 aliphatic carbocycles. The van der Waals surface area contributed by atoms with Gasteiger partial charge in [-0.25, -0.2) is 0 Å². The van der Waals surface area contributed by atoms with E-state index in [4.69, 9.17) is 4.74 Å². The first-order valence-corrected chi connectivity index (χ1v) is 7.68. The van der Waals surface area contributed by atoms with E-state index in [-0.39, 0.29) is 0 Å². The van der Waals surface area contributed by atoms with Crippen LogP contribution in [0, 0.1) is 5.41 Å². The molecule has 2 unspecified atom stereocenters. The van der Waals surface area contributed by atoms with Gasteiger partial charge in [-0.1, -0.05) is 20.8 Å². The van der Waals surface area contributed by atoms with E-state index < -0.39 is 0 Å². The Morgan fingerprint density at radius 3 is 2.72 bits per heavy atom. The molecule has 1 aliphatic rings. The van der Waals surface area contributed by atoms with Crippen LogP contribution in [0.3, 0.4) is 0 Å².